The lowest BCUT2D eigenvalue weighted by atomic mass is 10.2. The molecule has 3 aromatic heterocycles. The molecule has 3 heterocycles. The topological polar surface area (TPSA) is 116 Å². The van der Waals surface area contributed by atoms with Crippen molar-refractivity contribution in [1.82, 2.24) is 19.9 Å². The molecule has 0 spiro atoms. The number of benzene rings is 2. The zero-order valence-electron chi connectivity index (χ0n) is 19.4. The maximum atomic E-state index is 12.9. The van der Waals surface area contributed by atoms with Gasteiger partial charge in [-0.1, -0.05) is 17.7 Å². The van der Waals surface area contributed by atoms with E-state index < -0.39 is 22.3 Å². The standard InChI is InChI=1S/C25H17ClF2N4O5S/c1-38(33,34)22-8-7-14(11-15(22)26)35-20-12-17-18(32-23(31-17)16-5-2-3-9-29-16)13-21(20)36-19-6-4-10-30-24(19)37-25(27)28/h2-13,25H,1H3,(H,31,32). The SMILES string of the molecule is CS(=O)(=O)c1ccc(Oc2cc3[nH]c(-c4ccccn4)nc3cc2Oc2cccnc2OC(F)F)cc1Cl. The van der Waals surface area contributed by atoms with E-state index in [1.54, 1.807) is 30.5 Å². The van der Waals surface area contributed by atoms with Crippen molar-refractivity contribution in [3.63, 3.8) is 0 Å². The largest absolute Gasteiger partial charge is 0.453 e. The summed E-state index contributed by atoms with van der Waals surface area (Å²) in [6.45, 7) is -3.12. The van der Waals surface area contributed by atoms with E-state index in [2.05, 4.69) is 24.7 Å². The van der Waals surface area contributed by atoms with Crippen LogP contribution >= 0.6 is 11.6 Å². The van der Waals surface area contributed by atoms with E-state index in [4.69, 9.17) is 21.1 Å². The number of ether oxygens (including phenoxy) is 3. The highest BCUT2D eigenvalue weighted by molar-refractivity contribution is 7.90. The number of aromatic nitrogens is 4. The van der Waals surface area contributed by atoms with Crippen molar-refractivity contribution < 1.29 is 31.4 Å². The first-order chi connectivity index (χ1) is 18.2. The molecule has 5 aromatic rings. The van der Waals surface area contributed by atoms with Crippen LogP contribution in [0.15, 0.2) is 78.0 Å². The van der Waals surface area contributed by atoms with Crippen LogP contribution in [0.5, 0.6) is 28.9 Å². The fraction of sp³-hybridized carbons (Fsp3) is 0.0800. The number of imidazole rings is 1. The second kappa shape index (κ2) is 10.2. The normalized spacial score (nSPS) is 11.6. The van der Waals surface area contributed by atoms with Gasteiger partial charge in [0.15, 0.2) is 32.9 Å². The Morgan fingerprint density at radius 3 is 2.42 bits per heavy atom. The predicted octanol–water partition coefficient (Wildman–Crippen LogP) is 6.26. The van der Waals surface area contributed by atoms with Gasteiger partial charge in [-0.25, -0.2) is 18.4 Å². The first-order valence-corrected chi connectivity index (χ1v) is 13.1. The third-order valence-electron chi connectivity index (χ3n) is 5.14. The molecule has 0 saturated carbocycles. The molecular formula is C25H17ClF2N4O5S. The number of fused-ring (bicyclic) bond motifs is 1. The van der Waals surface area contributed by atoms with Gasteiger partial charge in [0.1, 0.15) is 11.4 Å². The van der Waals surface area contributed by atoms with Gasteiger partial charge in [-0.2, -0.15) is 8.78 Å². The minimum Gasteiger partial charge on any atom is -0.453 e. The lowest BCUT2D eigenvalue weighted by molar-refractivity contribution is -0.0541. The number of halogens is 3. The molecule has 1 N–H and O–H groups in total. The number of aromatic amines is 1. The van der Waals surface area contributed by atoms with Crippen LogP contribution in [0.2, 0.25) is 5.02 Å². The highest BCUT2D eigenvalue weighted by Crippen LogP contribution is 2.41. The molecule has 38 heavy (non-hydrogen) atoms. The molecule has 5 rings (SSSR count). The van der Waals surface area contributed by atoms with Crippen LogP contribution in [-0.2, 0) is 9.84 Å². The number of rotatable bonds is 8. The summed E-state index contributed by atoms with van der Waals surface area (Å²) in [7, 11) is -3.55. The molecule has 0 aliphatic heterocycles. The Kier molecular flexibility index (Phi) is 6.83. The number of alkyl halides is 2. The van der Waals surface area contributed by atoms with Crippen LogP contribution in [0.4, 0.5) is 8.78 Å². The molecule has 0 atom stereocenters. The van der Waals surface area contributed by atoms with E-state index in [0.717, 1.165) is 6.26 Å². The Morgan fingerprint density at radius 2 is 1.71 bits per heavy atom. The molecule has 0 unspecified atom stereocenters. The predicted molar refractivity (Wildman–Crippen MR) is 135 cm³/mol. The molecule has 13 heteroatoms. The number of pyridine rings is 2. The van der Waals surface area contributed by atoms with Crippen molar-refractivity contribution >= 4 is 32.5 Å². The number of nitrogens with zero attached hydrogens (tertiary/aromatic N) is 3. The number of hydrogen-bond acceptors (Lipinski definition) is 8. The van der Waals surface area contributed by atoms with Gasteiger partial charge in [-0.05, 0) is 36.4 Å². The second-order valence-electron chi connectivity index (χ2n) is 7.87. The van der Waals surface area contributed by atoms with Gasteiger partial charge < -0.3 is 19.2 Å². The summed E-state index contributed by atoms with van der Waals surface area (Å²) in [5, 5.41) is -0.0348. The molecule has 0 aliphatic carbocycles. The zero-order valence-corrected chi connectivity index (χ0v) is 21.0. The van der Waals surface area contributed by atoms with Crippen molar-refractivity contribution in [2.75, 3.05) is 6.26 Å². The minimum atomic E-state index is -3.55. The van der Waals surface area contributed by atoms with E-state index in [1.165, 1.54) is 36.5 Å². The van der Waals surface area contributed by atoms with Crippen molar-refractivity contribution in [2.24, 2.45) is 0 Å². The van der Waals surface area contributed by atoms with E-state index in [-0.39, 0.29) is 32.9 Å². The van der Waals surface area contributed by atoms with Gasteiger partial charge in [0.25, 0.3) is 5.88 Å². The molecule has 9 nitrogen and oxygen atoms in total. The average molecular weight is 559 g/mol. The first kappa shape index (κ1) is 25.4. The van der Waals surface area contributed by atoms with Gasteiger partial charge >= 0.3 is 6.61 Å². The van der Waals surface area contributed by atoms with Gasteiger partial charge in [0.2, 0.25) is 0 Å². The lowest BCUT2D eigenvalue weighted by Crippen LogP contribution is -2.05. The third-order valence-corrected chi connectivity index (χ3v) is 6.72. The van der Waals surface area contributed by atoms with Gasteiger partial charge in [0.05, 0.1) is 21.0 Å². The third kappa shape index (κ3) is 5.50. The maximum Gasteiger partial charge on any atom is 0.388 e. The number of nitrogens with one attached hydrogen (secondary N) is 1. The molecule has 0 amide bonds. The van der Waals surface area contributed by atoms with Crippen LogP contribution < -0.4 is 14.2 Å². The lowest BCUT2D eigenvalue weighted by Gasteiger charge is -2.15. The molecule has 2 aromatic carbocycles. The van der Waals surface area contributed by atoms with Gasteiger partial charge in [0, 0.05) is 36.8 Å². The Balaban J connectivity index is 1.59. The molecule has 0 bridgehead atoms. The van der Waals surface area contributed by atoms with Crippen molar-refractivity contribution in [2.45, 2.75) is 11.5 Å². The van der Waals surface area contributed by atoms with Crippen LogP contribution in [0.1, 0.15) is 0 Å². The Labute approximate surface area is 219 Å². The highest BCUT2D eigenvalue weighted by atomic mass is 35.5. The summed E-state index contributed by atoms with van der Waals surface area (Å²) >= 11 is 6.18. The van der Waals surface area contributed by atoms with Crippen molar-refractivity contribution in [3.05, 3.63) is 78.1 Å². The summed E-state index contributed by atoms with van der Waals surface area (Å²) in [6.07, 6.45) is 3.95. The van der Waals surface area contributed by atoms with E-state index in [0.29, 0.717) is 22.6 Å². The number of hydrogen-bond donors (Lipinski definition) is 1. The van der Waals surface area contributed by atoms with E-state index in [1.807, 2.05) is 6.07 Å². The summed E-state index contributed by atoms with van der Waals surface area (Å²) in [5.74, 6) is 0.391. The van der Waals surface area contributed by atoms with E-state index in [9.17, 15) is 17.2 Å². The van der Waals surface area contributed by atoms with Crippen LogP contribution in [-0.4, -0.2) is 41.2 Å². The average Bonchev–Trinajstić information content (AvgIpc) is 3.28. The summed E-state index contributed by atoms with van der Waals surface area (Å²) in [6, 6.07) is 15.5. The summed E-state index contributed by atoms with van der Waals surface area (Å²) in [5.41, 5.74) is 1.62. The Hall–Kier alpha value is -4.29. The van der Waals surface area contributed by atoms with Crippen molar-refractivity contribution in [3.8, 4) is 40.4 Å². The molecule has 0 aliphatic rings. The molecule has 0 fully saturated rings. The molecule has 194 valence electrons. The first-order valence-electron chi connectivity index (χ1n) is 10.9. The Bertz CT molecular complexity index is 1730. The Morgan fingerprint density at radius 1 is 0.921 bits per heavy atom. The fourth-order valence-corrected chi connectivity index (χ4v) is 4.84. The maximum absolute atomic E-state index is 12.9. The number of sulfone groups is 1. The zero-order chi connectivity index (χ0) is 26.9. The monoisotopic (exact) mass is 558 g/mol. The minimum absolute atomic E-state index is 0.0348. The summed E-state index contributed by atoms with van der Waals surface area (Å²) < 4.78 is 66.0. The molecule has 0 radical (unpaired) electrons. The van der Waals surface area contributed by atoms with Crippen LogP contribution in [0.3, 0.4) is 0 Å². The second-order valence-corrected chi connectivity index (χ2v) is 10.3. The number of H-pyrrole nitrogens is 1. The summed E-state index contributed by atoms with van der Waals surface area (Å²) in [4.78, 5) is 15.7. The van der Waals surface area contributed by atoms with Crippen LogP contribution in [0, 0.1) is 0 Å². The molecular weight excluding hydrogens is 542 g/mol. The fourth-order valence-electron chi connectivity index (χ4n) is 3.52. The smallest absolute Gasteiger partial charge is 0.388 e. The van der Waals surface area contributed by atoms with Crippen LogP contribution in [0.25, 0.3) is 22.6 Å². The van der Waals surface area contributed by atoms with E-state index >= 15 is 0 Å². The van der Waals surface area contributed by atoms with Crippen molar-refractivity contribution in [1.29, 1.82) is 0 Å². The highest BCUT2D eigenvalue weighted by Gasteiger charge is 2.19. The quantitative estimate of drug-likeness (QED) is 0.237. The van der Waals surface area contributed by atoms with Gasteiger partial charge in [-0.15, -0.1) is 0 Å². The van der Waals surface area contributed by atoms with Gasteiger partial charge in [-0.3, -0.25) is 4.98 Å². The molecule has 0 saturated heterocycles.